The predicted molar refractivity (Wildman–Crippen MR) is 124 cm³/mol. The van der Waals surface area contributed by atoms with Gasteiger partial charge in [-0.3, -0.25) is 4.79 Å². The maximum atomic E-state index is 13.2. The molecule has 2 atom stereocenters. The van der Waals surface area contributed by atoms with Gasteiger partial charge in [-0.25, -0.2) is 9.50 Å². The monoisotopic (exact) mass is 451 g/mol. The highest BCUT2D eigenvalue weighted by atomic mass is 16.5. The number of carbonyl (C=O) groups is 1. The maximum absolute atomic E-state index is 13.2. The smallest absolute Gasteiger partial charge is 0.261 e. The largest absolute Gasteiger partial charge is 0.484 e. The molecule has 2 aliphatic heterocycles. The van der Waals surface area contributed by atoms with Gasteiger partial charge in [-0.2, -0.15) is 5.10 Å². The molecule has 1 saturated heterocycles. The zero-order valence-electron chi connectivity index (χ0n) is 18.9. The van der Waals surface area contributed by atoms with Gasteiger partial charge in [-0.1, -0.05) is 0 Å². The molecular formula is C24H29N5O4. The van der Waals surface area contributed by atoms with Crippen molar-refractivity contribution in [2.45, 2.75) is 50.7 Å². The van der Waals surface area contributed by atoms with Crippen LogP contribution in [0.5, 0.6) is 5.75 Å². The molecule has 0 saturated carbocycles. The van der Waals surface area contributed by atoms with Gasteiger partial charge in [0.2, 0.25) is 0 Å². The van der Waals surface area contributed by atoms with Crippen LogP contribution in [0.25, 0.3) is 5.65 Å². The summed E-state index contributed by atoms with van der Waals surface area (Å²) in [6.45, 7) is 5.06. The molecule has 0 radical (unpaired) electrons. The van der Waals surface area contributed by atoms with Crippen LogP contribution in [0.3, 0.4) is 0 Å². The van der Waals surface area contributed by atoms with Gasteiger partial charge in [-0.05, 0) is 45.2 Å². The first-order chi connectivity index (χ1) is 15.8. The lowest BCUT2D eigenvalue weighted by Crippen LogP contribution is -2.34. The number of aliphatic hydroxyl groups is 2. The number of amides is 1. The van der Waals surface area contributed by atoms with E-state index in [-0.39, 0.29) is 12.5 Å². The number of rotatable bonds is 4. The van der Waals surface area contributed by atoms with Gasteiger partial charge >= 0.3 is 0 Å². The number of aliphatic hydroxyl groups excluding tert-OH is 1. The number of nitrogens with one attached hydrogen (secondary N) is 1. The minimum Gasteiger partial charge on any atom is -0.484 e. The summed E-state index contributed by atoms with van der Waals surface area (Å²) in [5.41, 5.74) is 1.93. The normalized spacial score (nSPS) is 24.9. The summed E-state index contributed by atoms with van der Waals surface area (Å²) < 4.78 is 7.64. The Kier molecular flexibility index (Phi) is 5.25. The van der Waals surface area contributed by atoms with Gasteiger partial charge in [0.25, 0.3) is 5.91 Å². The summed E-state index contributed by atoms with van der Waals surface area (Å²) in [6.07, 6.45) is 7.63. The van der Waals surface area contributed by atoms with Crippen molar-refractivity contribution in [3.63, 3.8) is 0 Å². The Hall–Kier alpha value is -3.17. The van der Waals surface area contributed by atoms with Crippen LogP contribution in [-0.4, -0.2) is 61.6 Å². The fourth-order valence-electron chi connectivity index (χ4n) is 4.68. The van der Waals surface area contributed by atoms with Crippen molar-refractivity contribution in [3.8, 4) is 5.75 Å². The number of ether oxygens (including phenoxy) is 1. The Bertz CT molecular complexity index is 1210. The minimum absolute atomic E-state index is 0.0979. The molecule has 1 aromatic carbocycles. The lowest BCUT2D eigenvalue weighted by atomic mass is 9.98. The molecule has 174 valence electrons. The summed E-state index contributed by atoms with van der Waals surface area (Å²) in [5.74, 6) is 0.420. The molecule has 9 heteroatoms. The van der Waals surface area contributed by atoms with Gasteiger partial charge in [0.15, 0.2) is 5.65 Å². The van der Waals surface area contributed by atoms with E-state index in [0.717, 1.165) is 30.6 Å². The molecule has 3 N–H and O–H groups in total. The fraction of sp³-hybridized carbons (Fsp3) is 0.458. The zero-order valence-corrected chi connectivity index (χ0v) is 18.9. The van der Waals surface area contributed by atoms with Gasteiger partial charge < -0.3 is 25.2 Å². The lowest BCUT2D eigenvalue weighted by molar-refractivity contribution is 0.0447. The quantitative estimate of drug-likeness (QED) is 0.558. The SMILES string of the molecule is C[C@]1(O)CCCN(c2cc3c(cc2NC(=O)c2cnn4cccnc24)C[C@](C)(CO)O3)CC1. The number of fused-ring (bicyclic) bond motifs is 2. The van der Waals surface area contributed by atoms with Crippen LogP contribution in [0.4, 0.5) is 11.4 Å². The van der Waals surface area contributed by atoms with Crippen LogP contribution in [0.15, 0.2) is 36.8 Å². The van der Waals surface area contributed by atoms with E-state index in [1.807, 2.05) is 26.0 Å². The summed E-state index contributed by atoms with van der Waals surface area (Å²) in [5, 5.41) is 27.6. The number of aromatic nitrogens is 3. The van der Waals surface area contributed by atoms with Crippen LogP contribution < -0.4 is 15.0 Å². The number of hydrogen-bond donors (Lipinski definition) is 3. The van der Waals surface area contributed by atoms with Crippen LogP contribution in [-0.2, 0) is 6.42 Å². The number of hydrogen-bond acceptors (Lipinski definition) is 7. The third kappa shape index (κ3) is 4.14. The Morgan fingerprint density at radius 1 is 1.27 bits per heavy atom. The zero-order chi connectivity index (χ0) is 23.2. The lowest BCUT2D eigenvalue weighted by Gasteiger charge is -2.27. The second kappa shape index (κ2) is 8.00. The third-order valence-corrected chi connectivity index (χ3v) is 6.61. The Balaban J connectivity index is 1.51. The number of benzene rings is 1. The predicted octanol–water partition coefficient (Wildman–Crippen LogP) is 2.41. The molecule has 3 aromatic rings. The molecule has 0 bridgehead atoms. The van der Waals surface area contributed by atoms with Gasteiger partial charge in [-0.15, -0.1) is 0 Å². The molecule has 0 spiro atoms. The summed E-state index contributed by atoms with van der Waals surface area (Å²) in [6, 6.07) is 5.64. The highest BCUT2D eigenvalue weighted by Crippen LogP contribution is 2.42. The van der Waals surface area contributed by atoms with Crippen molar-refractivity contribution in [2.75, 3.05) is 29.9 Å². The molecule has 2 aromatic heterocycles. The van der Waals surface area contributed by atoms with Crippen LogP contribution in [0, 0.1) is 0 Å². The Morgan fingerprint density at radius 3 is 2.94 bits per heavy atom. The number of anilines is 2. The Labute approximate surface area is 192 Å². The first-order valence-corrected chi connectivity index (χ1v) is 11.3. The van der Waals surface area contributed by atoms with E-state index >= 15 is 0 Å². The Morgan fingerprint density at radius 2 is 2.12 bits per heavy atom. The molecule has 1 fully saturated rings. The van der Waals surface area contributed by atoms with Crippen molar-refractivity contribution in [1.29, 1.82) is 0 Å². The maximum Gasteiger partial charge on any atom is 0.261 e. The average molecular weight is 452 g/mol. The van der Waals surface area contributed by atoms with Crippen molar-refractivity contribution in [3.05, 3.63) is 47.9 Å². The van der Waals surface area contributed by atoms with Crippen LogP contribution in [0.1, 0.15) is 49.0 Å². The molecule has 33 heavy (non-hydrogen) atoms. The topological polar surface area (TPSA) is 112 Å². The minimum atomic E-state index is -0.705. The van der Waals surface area contributed by atoms with Crippen LogP contribution >= 0.6 is 0 Å². The van der Waals surface area contributed by atoms with Crippen LogP contribution in [0.2, 0.25) is 0 Å². The molecule has 4 heterocycles. The van der Waals surface area contributed by atoms with Crippen molar-refractivity contribution >= 4 is 22.9 Å². The summed E-state index contributed by atoms with van der Waals surface area (Å²) in [4.78, 5) is 19.7. The molecule has 0 unspecified atom stereocenters. The van der Waals surface area contributed by atoms with Gasteiger partial charge in [0, 0.05) is 43.5 Å². The van der Waals surface area contributed by atoms with E-state index in [0.29, 0.717) is 42.0 Å². The molecule has 2 aliphatic rings. The van der Waals surface area contributed by atoms with E-state index in [1.165, 1.54) is 6.20 Å². The molecular weight excluding hydrogens is 422 g/mol. The van der Waals surface area contributed by atoms with Gasteiger partial charge in [0.1, 0.15) is 16.9 Å². The van der Waals surface area contributed by atoms with E-state index in [1.54, 1.807) is 23.0 Å². The summed E-state index contributed by atoms with van der Waals surface area (Å²) in [7, 11) is 0. The first kappa shape index (κ1) is 21.7. The van der Waals surface area contributed by atoms with E-state index < -0.39 is 11.2 Å². The molecule has 1 amide bonds. The average Bonchev–Trinajstić information content (AvgIpc) is 3.30. The standard InChI is InChI=1S/C24H29N5O4/c1-23(32)5-3-8-28(10-6-23)19-12-20-16(13-24(2,15-30)33-20)11-18(19)27-22(31)17-14-26-29-9-4-7-25-21(17)29/h4,7,9,11-12,14,30,32H,3,5-6,8,10,13,15H2,1-2H3,(H,27,31)/t23-,24+/m0/s1. The molecule has 9 nitrogen and oxygen atoms in total. The fourth-order valence-corrected chi connectivity index (χ4v) is 4.68. The van der Waals surface area contributed by atoms with Crippen molar-refractivity contribution in [1.82, 2.24) is 14.6 Å². The highest BCUT2D eigenvalue weighted by Gasteiger charge is 2.36. The second-order valence-electron chi connectivity index (χ2n) is 9.60. The van der Waals surface area contributed by atoms with Crippen molar-refractivity contribution < 1.29 is 19.7 Å². The van der Waals surface area contributed by atoms with E-state index in [9.17, 15) is 15.0 Å². The van der Waals surface area contributed by atoms with Gasteiger partial charge in [0.05, 0.1) is 29.8 Å². The number of carbonyl (C=O) groups excluding carboxylic acids is 1. The first-order valence-electron chi connectivity index (χ1n) is 11.3. The van der Waals surface area contributed by atoms with E-state index in [2.05, 4.69) is 20.3 Å². The second-order valence-corrected chi connectivity index (χ2v) is 9.60. The number of nitrogens with zero attached hydrogens (tertiary/aromatic N) is 4. The van der Waals surface area contributed by atoms with Crippen molar-refractivity contribution in [2.24, 2.45) is 0 Å². The third-order valence-electron chi connectivity index (χ3n) is 6.61. The highest BCUT2D eigenvalue weighted by molar-refractivity contribution is 6.09. The summed E-state index contributed by atoms with van der Waals surface area (Å²) >= 11 is 0. The van der Waals surface area contributed by atoms with E-state index in [4.69, 9.17) is 4.74 Å². The molecule has 5 rings (SSSR count). The molecule has 0 aliphatic carbocycles.